The van der Waals surface area contributed by atoms with E-state index in [9.17, 15) is 18.0 Å². The lowest BCUT2D eigenvalue weighted by Gasteiger charge is -2.38. The summed E-state index contributed by atoms with van der Waals surface area (Å²) in [6.45, 7) is 1.79. The molecule has 0 aliphatic carbocycles. The first kappa shape index (κ1) is 27.4. The number of aliphatic imine (C=N–C) groups is 1. The Balaban J connectivity index is 1.60. The van der Waals surface area contributed by atoms with Crippen molar-refractivity contribution in [1.29, 1.82) is 0 Å². The lowest BCUT2D eigenvalue weighted by Crippen LogP contribution is -2.48. The molecule has 1 unspecified atom stereocenters. The van der Waals surface area contributed by atoms with Crippen molar-refractivity contribution in [3.05, 3.63) is 105 Å². The largest absolute Gasteiger partial charge is 0.466 e. The van der Waals surface area contributed by atoms with Gasteiger partial charge in [-0.1, -0.05) is 48.0 Å². The van der Waals surface area contributed by atoms with Crippen LogP contribution in [0.5, 0.6) is 11.5 Å². The van der Waals surface area contributed by atoms with Gasteiger partial charge in [0, 0.05) is 10.7 Å². The highest BCUT2D eigenvalue weighted by Gasteiger charge is 2.38. The van der Waals surface area contributed by atoms with Crippen LogP contribution in [0, 0.1) is 0 Å². The number of nitrogens with one attached hydrogen (secondary N) is 1. The van der Waals surface area contributed by atoms with Crippen LogP contribution in [0.1, 0.15) is 35.2 Å². The quantitative estimate of drug-likeness (QED) is 0.353. The third-order valence-electron chi connectivity index (χ3n) is 6.72. The molecule has 2 aliphatic heterocycles. The fourth-order valence-corrected chi connectivity index (χ4v) is 4.83. The molecule has 0 fully saturated rings. The van der Waals surface area contributed by atoms with E-state index in [0.29, 0.717) is 33.7 Å². The number of hydrogen-bond donors (Lipinski definition) is 1. The fraction of sp³-hybridized carbons (Fsp3) is 0.241. The van der Waals surface area contributed by atoms with Crippen molar-refractivity contribution in [3.63, 3.8) is 0 Å². The molecule has 3 aromatic rings. The molecule has 0 radical (unpaired) electrons. The summed E-state index contributed by atoms with van der Waals surface area (Å²) in [6, 6.07) is 17.0. The highest BCUT2D eigenvalue weighted by Crippen LogP contribution is 2.37. The Bertz CT molecular complexity index is 1490. The SMILES string of the molecule is COC(=O)C1=C(C)N(Cc2ccccc2C(F)(F)F)C(=NCc2ccc3c(c2)OCO3)NC1c1ccc(Cl)cc1. The number of carbonyl (C=O) groups excluding carboxylic acids is 1. The first-order valence-corrected chi connectivity index (χ1v) is 12.7. The lowest BCUT2D eigenvalue weighted by molar-refractivity contribution is -0.139. The zero-order valence-corrected chi connectivity index (χ0v) is 22.3. The third-order valence-corrected chi connectivity index (χ3v) is 6.97. The molecule has 0 aromatic heterocycles. The number of methoxy groups -OCH3 is 1. The molecular weight excluding hydrogens is 547 g/mol. The molecule has 40 heavy (non-hydrogen) atoms. The molecule has 0 spiro atoms. The molecule has 3 aromatic carbocycles. The number of nitrogens with zero attached hydrogens (tertiary/aromatic N) is 2. The minimum absolute atomic E-state index is 0.0288. The predicted octanol–water partition coefficient (Wildman–Crippen LogP) is 6.24. The summed E-state index contributed by atoms with van der Waals surface area (Å²) in [5.41, 5.74) is 1.43. The molecule has 0 bridgehead atoms. The van der Waals surface area contributed by atoms with Crippen LogP contribution in [0.25, 0.3) is 0 Å². The number of benzene rings is 3. The van der Waals surface area contributed by atoms with Crippen molar-refractivity contribution >= 4 is 23.5 Å². The second kappa shape index (κ2) is 11.1. The zero-order valence-electron chi connectivity index (χ0n) is 21.6. The summed E-state index contributed by atoms with van der Waals surface area (Å²) >= 11 is 6.09. The van der Waals surface area contributed by atoms with E-state index in [2.05, 4.69) is 5.32 Å². The number of carbonyl (C=O) groups is 1. The summed E-state index contributed by atoms with van der Waals surface area (Å²) in [6.07, 6.45) is -4.56. The Labute approximate surface area is 233 Å². The second-order valence-corrected chi connectivity index (χ2v) is 9.62. The highest BCUT2D eigenvalue weighted by atomic mass is 35.5. The number of rotatable bonds is 6. The molecule has 0 amide bonds. The number of hydrogen-bond acceptors (Lipinski definition) is 5. The molecule has 0 saturated carbocycles. The van der Waals surface area contributed by atoms with E-state index in [1.807, 2.05) is 6.07 Å². The van der Waals surface area contributed by atoms with Gasteiger partial charge < -0.3 is 24.4 Å². The summed E-state index contributed by atoms with van der Waals surface area (Å²) in [4.78, 5) is 19.3. The van der Waals surface area contributed by atoms with E-state index in [1.165, 1.54) is 19.2 Å². The standard InChI is InChI=1S/C29H25ClF3N3O4/c1-17-25(27(37)38-2)26(19-8-10-21(30)11-9-19)35-28(34-14-18-7-12-23-24(13-18)40-16-39-23)36(17)15-20-5-3-4-6-22(20)29(31,32)33/h3-13,26H,14-16H2,1-2H3,(H,34,35). The fourth-order valence-electron chi connectivity index (χ4n) is 4.71. The van der Waals surface area contributed by atoms with Crippen molar-refractivity contribution in [1.82, 2.24) is 10.2 Å². The van der Waals surface area contributed by atoms with Crippen molar-refractivity contribution in [2.24, 2.45) is 4.99 Å². The Morgan fingerprint density at radius 3 is 2.55 bits per heavy atom. The maximum absolute atomic E-state index is 13.9. The van der Waals surface area contributed by atoms with Gasteiger partial charge in [-0.25, -0.2) is 9.79 Å². The van der Waals surface area contributed by atoms with Crippen molar-refractivity contribution < 1.29 is 32.2 Å². The van der Waals surface area contributed by atoms with E-state index < -0.39 is 23.8 Å². The topological polar surface area (TPSA) is 72.4 Å². The molecule has 5 rings (SSSR count). The average molecular weight is 572 g/mol. The van der Waals surface area contributed by atoms with Crippen LogP contribution in [-0.2, 0) is 28.8 Å². The van der Waals surface area contributed by atoms with Crippen LogP contribution in [0.4, 0.5) is 13.2 Å². The van der Waals surface area contributed by atoms with Gasteiger partial charge in [-0.05, 0) is 53.9 Å². The third kappa shape index (κ3) is 5.58. The Hall–Kier alpha value is -4.18. The van der Waals surface area contributed by atoms with Crippen LogP contribution in [0.15, 0.2) is 83.0 Å². The first-order valence-electron chi connectivity index (χ1n) is 12.3. The van der Waals surface area contributed by atoms with E-state index in [0.717, 1.165) is 11.6 Å². The van der Waals surface area contributed by atoms with E-state index in [-0.39, 0.29) is 31.0 Å². The van der Waals surface area contributed by atoms with Crippen molar-refractivity contribution in [3.8, 4) is 11.5 Å². The van der Waals surface area contributed by atoms with Gasteiger partial charge in [0.1, 0.15) is 0 Å². The van der Waals surface area contributed by atoms with Crippen LogP contribution in [0.2, 0.25) is 5.02 Å². The van der Waals surface area contributed by atoms with Gasteiger partial charge in [0.25, 0.3) is 0 Å². The Morgan fingerprint density at radius 2 is 1.82 bits per heavy atom. The van der Waals surface area contributed by atoms with E-state index in [1.54, 1.807) is 54.3 Å². The molecule has 1 atom stereocenters. The number of alkyl halides is 3. The summed E-state index contributed by atoms with van der Waals surface area (Å²) in [7, 11) is 1.26. The van der Waals surface area contributed by atoms with Crippen molar-refractivity contribution in [2.45, 2.75) is 32.2 Å². The van der Waals surface area contributed by atoms with Gasteiger partial charge in [-0.3, -0.25) is 0 Å². The van der Waals surface area contributed by atoms with Gasteiger partial charge in [-0.2, -0.15) is 13.2 Å². The van der Waals surface area contributed by atoms with Crippen LogP contribution in [0.3, 0.4) is 0 Å². The van der Waals surface area contributed by atoms with Crippen LogP contribution in [-0.4, -0.2) is 30.7 Å². The summed E-state index contributed by atoms with van der Waals surface area (Å²) in [5, 5.41) is 3.79. The normalized spacial score (nSPS) is 17.7. The minimum Gasteiger partial charge on any atom is -0.466 e. The van der Waals surface area contributed by atoms with E-state index >= 15 is 0 Å². The second-order valence-electron chi connectivity index (χ2n) is 9.19. The number of fused-ring (bicyclic) bond motifs is 1. The van der Waals surface area contributed by atoms with E-state index in [4.69, 9.17) is 30.8 Å². The molecule has 208 valence electrons. The number of halogens is 4. The monoisotopic (exact) mass is 571 g/mol. The summed E-state index contributed by atoms with van der Waals surface area (Å²) < 4.78 is 57.5. The van der Waals surface area contributed by atoms with Crippen LogP contribution < -0.4 is 14.8 Å². The van der Waals surface area contributed by atoms with Gasteiger partial charge in [0.2, 0.25) is 6.79 Å². The molecule has 2 heterocycles. The van der Waals surface area contributed by atoms with Gasteiger partial charge in [0.15, 0.2) is 17.5 Å². The van der Waals surface area contributed by atoms with Gasteiger partial charge in [-0.15, -0.1) is 0 Å². The molecule has 1 N–H and O–H groups in total. The minimum atomic E-state index is -4.56. The predicted molar refractivity (Wildman–Crippen MR) is 143 cm³/mol. The average Bonchev–Trinajstić information content (AvgIpc) is 3.41. The van der Waals surface area contributed by atoms with Crippen LogP contribution >= 0.6 is 11.6 Å². The maximum Gasteiger partial charge on any atom is 0.416 e. The lowest BCUT2D eigenvalue weighted by atomic mass is 9.94. The Kier molecular flexibility index (Phi) is 7.62. The smallest absolute Gasteiger partial charge is 0.416 e. The number of guanidine groups is 1. The Morgan fingerprint density at radius 1 is 1.10 bits per heavy atom. The van der Waals surface area contributed by atoms with Gasteiger partial charge in [0.05, 0.1) is 37.4 Å². The molecule has 7 nitrogen and oxygen atoms in total. The zero-order chi connectivity index (χ0) is 28.4. The molecule has 11 heteroatoms. The first-order chi connectivity index (χ1) is 19.2. The van der Waals surface area contributed by atoms with Crippen molar-refractivity contribution in [2.75, 3.05) is 13.9 Å². The highest BCUT2D eigenvalue weighted by molar-refractivity contribution is 6.30. The number of ether oxygens (including phenoxy) is 3. The number of allylic oxidation sites excluding steroid dienone is 1. The molecule has 2 aliphatic rings. The molecular formula is C29H25ClF3N3O4. The van der Waals surface area contributed by atoms with Gasteiger partial charge >= 0.3 is 12.1 Å². The maximum atomic E-state index is 13.9. The number of esters is 1. The molecule has 0 saturated heterocycles. The summed E-state index contributed by atoms with van der Waals surface area (Å²) in [5.74, 6) is 0.892.